The molecule has 0 radical (unpaired) electrons. The predicted molar refractivity (Wildman–Crippen MR) is 79.4 cm³/mol. The maximum Gasteiger partial charge on any atom is 0.142 e. The number of benzene rings is 1. The third-order valence-electron chi connectivity index (χ3n) is 2.68. The summed E-state index contributed by atoms with van der Waals surface area (Å²) in [5, 5.41) is 4.68. The van der Waals surface area contributed by atoms with E-state index in [4.69, 9.17) is 22.1 Å². The number of aryl methyl sites for hydroxylation is 1. The lowest BCUT2D eigenvalue weighted by Crippen LogP contribution is -2.28. The van der Waals surface area contributed by atoms with Crippen LogP contribution < -0.4 is 10.5 Å². The SMILES string of the molecule is CC(N)C(Oc1ccc(Br)cc1Cl)c1cnn(C)c1. The van der Waals surface area contributed by atoms with Crippen LogP contribution in [0, 0.1) is 0 Å². The molecule has 4 nitrogen and oxygen atoms in total. The molecule has 2 unspecified atom stereocenters. The molecule has 0 spiro atoms. The molecule has 19 heavy (non-hydrogen) atoms. The molecule has 1 aromatic carbocycles. The summed E-state index contributed by atoms with van der Waals surface area (Å²) in [7, 11) is 1.86. The zero-order valence-corrected chi connectivity index (χ0v) is 13.0. The Hall–Kier alpha value is -1.04. The second-order valence-corrected chi connectivity index (χ2v) is 5.74. The lowest BCUT2D eigenvalue weighted by atomic mass is 10.1. The van der Waals surface area contributed by atoms with Gasteiger partial charge in [0.15, 0.2) is 0 Å². The first-order chi connectivity index (χ1) is 8.97. The van der Waals surface area contributed by atoms with Gasteiger partial charge in [0.1, 0.15) is 11.9 Å². The van der Waals surface area contributed by atoms with Crippen LogP contribution in [0.4, 0.5) is 0 Å². The smallest absolute Gasteiger partial charge is 0.142 e. The molecule has 0 fully saturated rings. The summed E-state index contributed by atoms with van der Waals surface area (Å²) in [4.78, 5) is 0. The van der Waals surface area contributed by atoms with Gasteiger partial charge in [-0.2, -0.15) is 5.10 Å². The highest BCUT2D eigenvalue weighted by Crippen LogP contribution is 2.32. The molecule has 2 rings (SSSR count). The third-order valence-corrected chi connectivity index (χ3v) is 3.47. The summed E-state index contributed by atoms with van der Waals surface area (Å²) in [5.74, 6) is 0.607. The number of halogens is 2. The number of hydrogen-bond acceptors (Lipinski definition) is 3. The second kappa shape index (κ2) is 5.94. The average Bonchev–Trinajstić information content (AvgIpc) is 2.74. The van der Waals surface area contributed by atoms with Crippen molar-refractivity contribution in [2.75, 3.05) is 0 Å². The van der Waals surface area contributed by atoms with Crippen LogP contribution in [0.3, 0.4) is 0 Å². The van der Waals surface area contributed by atoms with Crippen LogP contribution in [0.5, 0.6) is 5.75 Å². The fraction of sp³-hybridized carbons (Fsp3) is 0.308. The summed E-state index contributed by atoms with van der Waals surface area (Å²) in [6.07, 6.45) is 3.36. The maximum absolute atomic E-state index is 6.15. The van der Waals surface area contributed by atoms with E-state index in [1.54, 1.807) is 16.9 Å². The van der Waals surface area contributed by atoms with Crippen molar-refractivity contribution in [3.8, 4) is 5.75 Å². The first-order valence-electron chi connectivity index (χ1n) is 5.83. The van der Waals surface area contributed by atoms with E-state index in [2.05, 4.69) is 21.0 Å². The molecule has 0 saturated heterocycles. The van der Waals surface area contributed by atoms with Crippen LogP contribution in [0.25, 0.3) is 0 Å². The first kappa shape index (κ1) is 14.4. The van der Waals surface area contributed by atoms with E-state index in [0.717, 1.165) is 10.0 Å². The Labute approximate surface area is 125 Å². The van der Waals surface area contributed by atoms with E-state index in [0.29, 0.717) is 10.8 Å². The molecular formula is C13H15BrClN3O. The van der Waals surface area contributed by atoms with Gasteiger partial charge in [-0.3, -0.25) is 4.68 Å². The van der Waals surface area contributed by atoms with Crippen LogP contribution in [-0.2, 0) is 7.05 Å². The van der Waals surface area contributed by atoms with E-state index >= 15 is 0 Å². The van der Waals surface area contributed by atoms with Gasteiger partial charge in [0, 0.05) is 29.3 Å². The molecule has 0 amide bonds. The summed E-state index contributed by atoms with van der Waals surface area (Å²) < 4.78 is 8.56. The van der Waals surface area contributed by atoms with Crippen molar-refractivity contribution in [3.63, 3.8) is 0 Å². The fourth-order valence-electron chi connectivity index (χ4n) is 1.77. The minimum atomic E-state index is -0.285. The molecule has 0 aliphatic rings. The molecular weight excluding hydrogens is 330 g/mol. The molecule has 2 aromatic rings. The van der Waals surface area contributed by atoms with E-state index in [9.17, 15) is 0 Å². The Morgan fingerprint density at radius 3 is 2.74 bits per heavy atom. The van der Waals surface area contributed by atoms with E-state index < -0.39 is 0 Å². The molecule has 102 valence electrons. The highest BCUT2D eigenvalue weighted by atomic mass is 79.9. The van der Waals surface area contributed by atoms with Gasteiger partial charge in [-0.25, -0.2) is 0 Å². The third kappa shape index (κ3) is 3.49. The largest absolute Gasteiger partial charge is 0.482 e. The van der Waals surface area contributed by atoms with Crippen molar-refractivity contribution in [3.05, 3.63) is 45.7 Å². The first-order valence-corrected chi connectivity index (χ1v) is 7.00. The summed E-state index contributed by atoms with van der Waals surface area (Å²) in [5.41, 5.74) is 6.92. The molecule has 2 atom stereocenters. The van der Waals surface area contributed by atoms with Crippen molar-refractivity contribution in [1.82, 2.24) is 9.78 Å². The number of hydrogen-bond donors (Lipinski definition) is 1. The van der Waals surface area contributed by atoms with Gasteiger partial charge in [0.05, 0.1) is 11.2 Å². The van der Waals surface area contributed by atoms with Crippen LogP contribution >= 0.6 is 27.5 Å². The lowest BCUT2D eigenvalue weighted by molar-refractivity contribution is 0.180. The van der Waals surface area contributed by atoms with E-state index in [1.165, 1.54) is 0 Å². The fourth-order valence-corrected chi connectivity index (χ4v) is 2.49. The van der Waals surface area contributed by atoms with Gasteiger partial charge in [-0.05, 0) is 25.1 Å². The van der Waals surface area contributed by atoms with Gasteiger partial charge >= 0.3 is 0 Å². The number of nitrogens with zero attached hydrogens (tertiary/aromatic N) is 2. The number of rotatable bonds is 4. The van der Waals surface area contributed by atoms with Gasteiger partial charge in [-0.1, -0.05) is 27.5 Å². The van der Waals surface area contributed by atoms with Crippen molar-refractivity contribution < 1.29 is 4.74 Å². The van der Waals surface area contributed by atoms with E-state index in [-0.39, 0.29) is 12.1 Å². The Bertz CT molecular complexity index is 571. The van der Waals surface area contributed by atoms with Crippen molar-refractivity contribution in [2.24, 2.45) is 12.8 Å². The highest BCUT2D eigenvalue weighted by Gasteiger charge is 2.21. The van der Waals surface area contributed by atoms with Crippen LogP contribution in [0.15, 0.2) is 35.1 Å². The van der Waals surface area contributed by atoms with Gasteiger partial charge in [-0.15, -0.1) is 0 Å². The van der Waals surface area contributed by atoms with E-state index in [1.807, 2.05) is 32.3 Å². The molecule has 1 heterocycles. The summed E-state index contributed by atoms with van der Waals surface area (Å²) in [6, 6.07) is 5.31. The molecule has 2 N–H and O–H groups in total. The van der Waals surface area contributed by atoms with Crippen LogP contribution in [0.1, 0.15) is 18.6 Å². The van der Waals surface area contributed by atoms with Gasteiger partial charge in [0.25, 0.3) is 0 Å². The van der Waals surface area contributed by atoms with Crippen molar-refractivity contribution in [1.29, 1.82) is 0 Å². The van der Waals surface area contributed by atoms with Crippen LogP contribution in [-0.4, -0.2) is 15.8 Å². The average molecular weight is 345 g/mol. The standard InChI is InChI=1S/C13H15BrClN3O/c1-8(16)13(9-6-17-18(2)7-9)19-12-4-3-10(14)5-11(12)15/h3-8,13H,16H2,1-2H3. The summed E-state index contributed by atoms with van der Waals surface area (Å²) in [6.45, 7) is 1.89. The Balaban J connectivity index is 2.26. The van der Waals surface area contributed by atoms with Crippen molar-refractivity contribution >= 4 is 27.5 Å². The molecule has 0 aliphatic carbocycles. The number of aromatic nitrogens is 2. The summed E-state index contributed by atoms with van der Waals surface area (Å²) >= 11 is 9.52. The second-order valence-electron chi connectivity index (χ2n) is 4.42. The Morgan fingerprint density at radius 1 is 1.47 bits per heavy atom. The quantitative estimate of drug-likeness (QED) is 0.926. The van der Waals surface area contributed by atoms with Crippen LogP contribution in [0.2, 0.25) is 5.02 Å². The highest BCUT2D eigenvalue weighted by molar-refractivity contribution is 9.10. The zero-order valence-electron chi connectivity index (χ0n) is 10.7. The predicted octanol–water partition coefficient (Wildman–Crippen LogP) is 3.30. The Morgan fingerprint density at radius 2 is 2.21 bits per heavy atom. The molecule has 1 aromatic heterocycles. The van der Waals surface area contributed by atoms with Gasteiger partial charge < -0.3 is 10.5 Å². The topological polar surface area (TPSA) is 53.1 Å². The molecule has 6 heteroatoms. The van der Waals surface area contributed by atoms with Crippen molar-refractivity contribution in [2.45, 2.75) is 19.1 Å². The molecule has 0 aliphatic heterocycles. The number of nitrogens with two attached hydrogens (primary N) is 1. The lowest BCUT2D eigenvalue weighted by Gasteiger charge is -2.22. The number of ether oxygens (including phenoxy) is 1. The Kier molecular flexibility index (Phi) is 4.50. The van der Waals surface area contributed by atoms with Gasteiger partial charge in [0.2, 0.25) is 0 Å². The minimum Gasteiger partial charge on any atom is -0.482 e. The minimum absolute atomic E-state index is 0.177. The zero-order chi connectivity index (χ0) is 14.0. The molecule has 0 saturated carbocycles. The maximum atomic E-state index is 6.15. The molecule has 0 bridgehead atoms. The monoisotopic (exact) mass is 343 g/mol. The normalized spacial score (nSPS) is 14.2.